The second-order valence-electron chi connectivity index (χ2n) is 3.51. The summed E-state index contributed by atoms with van der Waals surface area (Å²) in [5, 5.41) is 9.61. The zero-order chi connectivity index (χ0) is 13.1. The largest absolute Gasteiger partial charge is 0.478 e. The van der Waals surface area contributed by atoms with Crippen LogP contribution < -0.4 is 0 Å². The summed E-state index contributed by atoms with van der Waals surface area (Å²) in [7, 11) is 0. The molecule has 2 nitrogen and oxygen atoms in total. The van der Waals surface area contributed by atoms with Crippen LogP contribution in [0.3, 0.4) is 0 Å². The number of hydrogen-bond donors (Lipinski definition) is 1. The molecule has 0 aliphatic rings. The normalized spacial score (nSPS) is 10.3. The van der Waals surface area contributed by atoms with E-state index in [0.717, 1.165) is 9.79 Å². The molecule has 0 bridgehead atoms. The van der Waals surface area contributed by atoms with Crippen LogP contribution in [-0.4, -0.2) is 11.1 Å². The first-order valence-corrected chi connectivity index (χ1v) is 7.01. The van der Waals surface area contributed by atoms with E-state index in [1.807, 2.05) is 24.3 Å². The van der Waals surface area contributed by atoms with Gasteiger partial charge in [0.25, 0.3) is 0 Å². The van der Waals surface area contributed by atoms with E-state index in [2.05, 4.69) is 15.9 Å². The molecule has 0 saturated heterocycles. The maximum Gasteiger partial charge on any atom is 0.336 e. The molecule has 18 heavy (non-hydrogen) atoms. The van der Waals surface area contributed by atoms with Crippen LogP contribution in [0.2, 0.25) is 5.02 Å². The van der Waals surface area contributed by atoms with Crippen LogP contribution in [-0.2, 0) is 0 Å². The first kappa shape index (κ1) is 13.5. The van der Waals surface area contributed by atoms with E-state index >= 15 is 0 Å². The maximum absolute atomic E-state index is 10.9. The van der Waals surface area contributed by atoms with E-state index in [9.17, 15) is 4.79 Å². The van der Waals surface area contributed by atoms with Gasteiger partial charge in [-0.1, -0.05) is 29.4 Å². The van der Waals surface area contributed by atoms with Crippen LogP contribution >= 0.6 is 39.3 Å². The van der Waals surface area contributed by atoms with Gasteiger partial charge in [-0.2, -0.15) is 0 Å². The van der Waals surface area contributed by atoms with Crippen molar-refractivity contribution in [3.05, 3.63) is 57.5 Å². The van der Waals surface area contributed by atoms with Gasteiger partial charge in [0.2, 0.25) is 0 Å². The highest BCUT2D eigenvalue weighted by atomic mass is 79.9. The Balaban J connectivity index is 2.25. The lowest BCUT2D eigenvalue weighted by atomic mass is 10.2. The second kappa shape index (κ2) is 5.78. The Morgan fingerprint density at radius 3 is 2.50 bits per heavy atom. The summed E-state index contributed by atoms with van der Waals surface area (Å²) >= 11 is 10.7. The van der Waals surface area contributed by atoms with E-state index in [1.54, 1.807) is 18.2 Å². The SMILES string of the molecule is O=C(O)c1ccc(Sc2cccc(Cl)c2)cc1Br. The minimum absolute atomic E-state index is 0.255. The van der Waals surface area contributed by atoms with Crippen molar-refractivity contribution in [3.8, 4) is 0 Å². The lowest BCUT2D eigenvalue weighted by Gasteiger charge is -2.04. The van der Waals surface area contributed by atoms with Crippen molar-refractivity contribution in [1.29, 1.82) is 0 Å². The highest BCUT2D eigenvalue weighted by Gasteiger charge is 2.09. The summed E-state index contributed by atoms with van der Waals surface area (Å²) in [6, 6.07) is 12.7. The molecule has 2 rings (SSSR count). The standard InChI is InChI=1S/C13H8BrClO2S/c14-12-7-10(4-5-11(12)13(16)17)18-9-3-1-2-8(15)6-9/h1-7H,(H,16,17). The van der Waals surface area contributed by atoms with Gasteiger partial charge in [0.1, 0.15) is 0 Å². The van der Waals surface area contributed by atoms with Gasteiger partial charge >= 0.3 is 5.97 Å². The van der Waals surface area contributed by atoms with Crippen LogP contribution in [0.15, 0.2) is 56.7 Å². The summed E-state index contributed by atoms with van der Waals surface area (Å²) in [5.74, 6) is -0.943. The quantitative estimate of drug-likeness (QED) is 0.856. The molecule has 5 heteroatoms. The summed E-state index contributed by atoms with van der Waals surface area (Å²) < 4.78 is 0.571. The van der Waals surface area contributed by atoms with E-state index in [1.165, 1.54) is 11.8 Å². The molecule has 0 aliphatic carbocycles. The molecule has 1 N–H and O–H groups in total. The van der Waals surface area contributed by atoms with E-state index in [0.29, 0.717) is 9.50 Å². The Morgan fingerprint density at radius 1 is 1.17 bits per heavy atom. The van der Waals surface area contributed by atoms with Gasteiger partial charge in [-0.3, -0.25) is 0 Å². The van der Waals surface area contributed by atoms with Crippen molar-refractivity contribution in [2.75, 3.05) is 0 Å². The van der Waals surface area contributed by atoms with Gasteiger partial charge in [-0.15, -0.1) is 0 Å². The van der Waals surface area contributed by atoms with Crippen LogP contribution in [0.25, 0.3) is 0 Å². The van der Waals surface area contributed by atoms with Gasteiger partial charge in [0, 0.05) is 19.3 Å². The molecule has 0 spiro atoms. The van der Waals surface area contributed by atoms with Gasteiger partial charge in [-0.05, 0) is 52.3 Å². The fourth-order valence-corrected chi connectivity index (χ4v) is 3.27. The molecule has 0 unspecified atom stereocenters. The fourth-order valence-electron chi connectivity index (χ4n) is 1.40. The van der Waals surface area contributed by atoms with Gasteiger partial charge in [0.15, 0.2) is 0 Å². The Morgan fingerprint density at radius 2 is 1.89 bits per heavy atom. The number of carboxylic acids is 1. The fraction of sp³-hybridized carbons (Fsp3) is 0. The van der Waals surface area contributed by atoms with Crippen molar-refractivity contribution in [2.45, 2.75) is 9.79 Å². The molecule has 2 aromatic carbocycles. The summed E-state index contributed by atoms with van der Waals surface area (Å²) in [6.07, 6.45) is 0. The molecule has 92 valence electrons. The zero-order valence-electron chi connectivity index (χ0n) is 9.06. The van der Waals surface area contributed by atoms with E-state index in [4.69, 9.17) is 16.7 Å². The van der Waals surface area contributed by atoms with Crippen LogP contribution in [0.1, 0.15) is 10.4 Å². The van der Waals surface area contributed by atoms with Crippen LogP contribution in [0.4, 0.5) is 0 Å². The van der Waals surface area contributed by atoms with Gasteiger partial charge in [-0.25, -0.2) is 4.79 Å². The maximum atomic E-state index is 10.9. The van der Waals surface area contributed by atoms with Crippen molar-refractivity contribution in [2.24, 2.45) is 0 Å². The first-order valence-electron chi connectivity index (χ1n) is 5.02. The molecular formula is C13H8BrClO2S. The van der Waals surface area contributed by atoms with Crippen molar-refractivity contribution >= 4 is 45.3 Å². The lowest BCUT2D eigenvalue weighted by Crippen LogP contribution is -1.96. The van der Waals surface area contributed by atoms with E-state index < -0.39 is 5.97 Å². The van der Waals surface area contributed by atoms with Crippen LogP contribution in [0, 0.1) is 0 Å². The average Bonchev–Trinajstić information content (AvgIpc) is 2.28. The summed E-state index contributed by atoms with van der Waals surface area (Å²) in [6.45, 7) is 0. The third-order valence-corrected chi connectivity index (χ3v) is 4.07. The highest BCUT2D eigenvalue weighted by Crippen LogP contribution is 2.32. The average molecular weight is 344 g/mol. The molecule has 0 fully saturated rings. The monoisotopic (exact) mass is 342 g/mol. The second-order valence-corrected chi connectivity index (χ2v) is 5.94. The minimum atomic E-state index is -0.943. The van der Waals surface area contributed by atoms with E-state index in [-0.39, 0.29) is 5.56 Å². The smallest absolute Gasteiger partial charge is 0.336 e. The predicted molar refractivity (Wildman–Crippen MR) is 76.7 cm³/mol. The number of rotatable bonds is 3. The molecule has 0 aliphatic heterocycles. The topological polar surface area (TPSA) is 37.3 Å². The number of aromatic carboxylic acids is 1. The molecule has 0 atom stereocenters. The zero-order valence-corrected chi connectivity index (χ0v) is 12.2. The minimum Gasteiger partial charge on any atom is -0.478 e. The number of hydrogen-bond acceptors (Lipinski definition) is 2. The molecule has 0 aromatic heterocycles. The van der Waals surface area contributed by atoms with Gasteiger partial charge in [0.05, 0.1) is 5.56 Å². The molecule has 0 saturated carbocycles. The molecule has 2 aromatic rings. The molecule has 0 radical (unpaired) electrons. The number of carboxylic acid groups (broad SMARTS) is 1. The highest BCUT2D eigenvalue weighted by molar-refractivity contribution is 9.10. The Bertz CT molecular complexity index is 601. The number of carbonyl (C=O) groups is 1. The van der Waals surface area contributed by atoms with Crippen molar-refractivity contribution in [1.82, 2.24) is 0 Å². The summed E-state index contributed by atoms with van der Waals surface area (Å²) in [4.78, 5) is 12.8. The molecular weight excluding hydrogens is 336 g/mol. The summed E-state index contributed by atoms with van der Waals surface area (Å²) in [5.41, 5.74) is 0.255. The first-order chi connectivity index (χ1) is 8.56. The molecule has 0 amide bonds. The van der Waals surface area contributed by atoms with Crippen molar-refractivity contribution in [3.63, 3.8) is 0 Å². The lowest BCUT2D eigenvalue weighted by molar-refractivity contribution is 0.0696. The number of benzene rings is 2. The van der Waals surface area contributed by atoms with Crippen molar-refractivity contribution < 1.29 is 9.90 Å². The number of halogens is 2. The van der Waals surface area contributed by atoms with Gasteiger partial charge < -0.3 is 5.11 Å². The Kier molecular flexibility index (Phi) is 4.32. The Labute approximate surface area is 122 Å². The van der Waals surface area contributed by atoms with Crippen LogP contribution in [0.5, 0.6) is 0 Å². The third-order valence-electron chi connectivity index (χ3n) is 2.20. The Hall–Kier alpha value is -0.970. The predicted octanol–water partition coefficient (Wildman–Crippen LogP) is 4.95. The molecule has 0 heterocycles. The third kappa shape index (κ3) is 3.28.